The van der Waals surface area contributed by atoms with E-state index in [0.717, 1.165) is 10.0 Å². The van der Waals surface area contributed by atoms with E-state index in [2.05, 4.69) is 15.9 Å². The summed E-state index contributed by atoms with van der Waals surface area (Å²) in [5.41, 5.74) is 7.64. The van der Waals surface area contributed by atoms with Gasteiger partial charge in [0, 0.05) is 23.8 Å². The summed E-state index contributed by atoms with van der Waals surface area (Å²) in [6.07, 6.45) is 0. The second kappa shape index (κ2) is 5.40. The largest absolute Gasteiger partial charge is 0.399 e. The molecule has 0 aromatic heterocycles. The van der Waals surface area contributed by atoms with Crippen LogP contribution >= 0.6 is 15.9 Å². The molecule has 0 aliphatic rings. The van der Waals surface area contributed by atoms with Crippen LogP contribution in [0, 0.1) is 5.82 Å². The number of benzene rings is 2. The number of nitrogens with two attached hydrogens (primary N) is 1. The summed E-state index contributed by atoms with van der Waals surface area (Å²) in [4.78, 5) is 1.86. The molecule has 0 aliphatic carbocycles. The van der Waals surface area contributed by atoms with Gasteiger partial charge in [0.15, 0.2) is 0 Å². The molecule has 0 aliphatic heterocycles. The Morgan fingerprint density at radius 1 is 1.17 bits per heavy atom. The molecule has 0 fully saturated rings. The summed E-state index contributed by atoms with van der Waals surface area (Å²) < 4.78 is 14.8. The summed E-state index contributed by atoms with van der Waals surface area (Å²) in [7, 11) is 1.86. The van der Waals surface area contributed by atoms with Crippen molar-refractivity contribution in [3.05, 3.63) is 58.3 Å². The molecule has 94 valence electrons. The van der Waals surface area contributed by atoms with Crippen LogP contribution in [0.15, 0.2) is 46.9 Å². The molecule has 18 heavy (non-hydrogen) atoms. The first-order chi connectivity index (χ1) is 8.56. The zero-order valence-corrected chi connectivity index (χ0v) is 11.6. The van der Waals surface area contributed by atoms with Crippen molar-refractivity contribution in [3.8, 4) is 0 Å². The average molecular weight is 309 g/mol. The van der Waals surface area contributed by atoms with E-state index < -0.39 is 0 Å². The number of hydrogen-bond acceptors (Lipinski definition) is 2. The fraction of sp³-hybridized carbons (Fsp3) is 0.143. The number of nitrogen functional groups attached to an aromatic ring is 1. The maximum Gasteiger partial charge on any atom is 0.148 e. The van der Waals surface area contributed by atoms with Gasteiger partial charge in [0.1, 0.15) is 5.82 Å². The minimum Gasteiger partial charge on any atom is -0.399 e. The molecule has 4 heteroatoms. The molecule has 2 N–H and O–H groups in total. The van der Waals surface area contributed by atoms with E-state index in [1.54, 1.807) is 12.1 Å². The fourth-order valence-corrected chi connectivity index (χ4v) is 2.05. The van der Waals surface area contributed by atoms with Gasteiger partial charge in [-0.15, -0.1) is 0 Å². The van der Waals surface area contributed by atoms with E-state index in [0.29, 0.717) is 17.9 Å². The zero-order valence-electron chi connectivity index (χ0n) is 10.0. The molecule has 2 nitrogen and oxygen atoms in total. The molecule has 0 atom stereocenters. The Balaban J connectivity index is 2.16. The van der Waals surface area contributed by atoms with E-state index in [1.165, 1.54) is 6.07 Å². The molecular formula is C14H14BrFN2. The van der Waals surface area contributed by atoms with Gasteiger partial charge in [-0.2, -0.15) is 0 Å². The first-order valence-electron chi connectivity index (χ1n) is 5.57. The van der Waals surface area contributed by atoms with Crippen molar-refractivity contribution in [2.24, 2.45) is 0 Å². The van der Waals surface area contributed by atoms with Gasteiger partial charge in [0.05, 0.1) is 5.69 Å². The van der Waals surface area contributed by atoms with Crippen LogP contribution in [0.3, 0.4) is 0 Å². The number of hydrogen-bond donors (Lipinski definition) is 1. The molecule has 0 heterocycles. The predicted octanol–water partition coefficient (Wildman–Crippen LogP) is 3.81. The summed E-state index contributed by atoms with van der Waals surface area (Å²) in [5, 5.41) is 0. The van der Waals surface area contributed by atoms with Gasteiger partial charge < -0.3 is 10.6 Å². The van der Waals surface area contributed by atoms with Crippen LogP contribution in [0.25, 0.3) is 0 Å². The summed E-state index contributed by atoms with van der Waals surface area (Å²) >= 11 is 3.39. The van der Waals surface area contributed by atoms with Crippen molar-refractivity contribution < 1.29 is 4.39 Å². The van der Waals surface area contributed by atoms with E-state index in [1.807, 2.05) is 36.2 Å². The van der Waals surface area contributed by atoms with Crippen molar-refractivity contribution in [2.75, 3.05) is 17.7 Å². The van der Waals surface area contributed by atoms with E-state index in [4.69, 9.17) is 5.73 Å². The number of anilines is 2. The molecule has 0 saturated heterocycles. The molecule has 0 amide bonds. The Morgan fingerprint density at radius 2 is 1.83 bits per heavy atom. The molecule has 2 rings (SSSR count). The lowest BCUT2D eigenvalue weighted by Gasteiger charge is -2.20. The van der Waals surface area contributed by atoms with Crippen LogP contribution < -0.4 is 10.6 Å². The Morgan fingerprint density at radius 3 is 2.44 bits per heavy atom. The minimum absolute atomic E-state index is 0.297. The van der Waals surface area contributed by atoms with Crippen molar-refractivity contribution in [3.63, 3.8) is 0 Å². The summed E-state index contributed by atoms with van der Waals surface area (Å²) in [6, 6.07) is 12.7. The quantitative estimate of drug-likeness (QED) is 0.874. The lowest BCUT2D eigenvalue weighted by molar-refractivity contribution is 0.623. The standard InChI is InChI=1S/C14H14BrFN2/c1-18(9-10-2-4-11(15)5-3-10)14-7-6-12(17)8-13(14)16/h2-8H,9,17H2,1H3. The van der Waals surface area contributed by atoms with Gasteiger partial charge >= 0.3 is 0 Å². The third kappa shape index (κ3) is 3.01. The number of rotatable bonds is 3. The lowest BCUT2D eigenvalue weighted by atomic mass is 10.2. The van der Waals surface area contributed by atoms with Crippen LogP contribution in [0.2, 0.25) is 0 Å². The maximum absolute atomic E-state index is 13.7. The highest BCUT2D eigenvalue weighted by Crippen LogP contribution is 2.22. The molecule has 0 spiro atoms. The van der Waals surface area contributed by atoms with Gasteiger partial charge in [0.2, 0.25) is 0 Å². The van der Waals surface area contributed by atoms with Gasteiger partial charge in [-0.1, -0.05) is 28.1 Å². The van der Waals surface area contributed by atoms with Crippen molar-refractivity contribution in [1.82, 2.24) is 0 Å². The van der Waals surface area contributed by atoms with Gasteiger partial charge in [0.25, 0.3) is 0 Å². The van der Waals surface area contributed by atoms with Crippen LogP contribution in [-0.2, 0) is 6.54 Å². The maximum atomic E-state index is 13.7. The highest BCUT2D eigenvalue weighted by Gasteiger charge is 2.08. The summed E-state index contributed by atoms with van der Waals surface area (Å²) in [5.74, 6) is -0.297. The van der Waals surface area contributed by atoms with Crippen molar-refractivity contribution in [2.45, 2.75) is 6.54 Å². The topological polar surface area (TPSA) is 29.3 Å². The Hall–Kier alpha value is -1.55. The molecule has 2 aromatic rings. The van der Waals surface area contributed by atoms with Gasteiger partial charge in [-0.05, 0) is 35.9 Å². The van der Waals surface area contributed by atoms with Crippen LogP contribution in [0.5, 0.6) is 0 Å². The Labute approximate surface area is 114 Å². The van der Waals surface area contributed by atoms with Crippen LogP contribution in [0.1, 0.15) is 5.56 Å². The van der Waals surface area contributed by atoms with Crippen molar-refractivity contribution in [1.29, 1.82) is 0 Å². The molecular weight excluding hydrogens is 295 g/mol. The van der Waals surface area contributed by atoms with E-state index in [9.17, 15) is 4.39 Å². The van der Waals surface area contributed by atoms with Crippen LogP contribution in [0.4, 0.5) is 15.8 Å². The van der Waals surface area contributed by atoms with Crippen LogP contribution in [-0.4, -0.2) is 7.05 Å². The Bertz CT molecular complexity index is 540. The van der Waals surface area contributed by atoms with Crippen molar-refractivity contribution >= 4 is 27.3 Å². The highest BCUT2D eigenvalue weighted by molar-refractivity contribution is 9.10. The third-order valence-electron chi connectivity index (χ3n) is 2.72. The second-order valence-electron chi connectivity index (χ2n) is 4.19. The Kier molecular flexibility index (Phi) is 3.87. The van der Waals surface area contributed by atoms with Gasteiger partial charge in [-0.25, -0.2) is 4.39 Å². The molecule has 2 aromatic carbocycles. The normalized spacial score (nSPS) is 10.4. The fourth-order valence-electron chi connectivity index (χ4n) is 1.78. The second-order valence-corrected chi connectivity index (χ2v) is 5.11. The number of nitrogens with zero attached hydrogens (tertiary/aromatic N) is 1. The summed E-state index contributed by atoms with van der Waals surface area (Å²) in [6.45, 7) is 0.647. The van der Waals surface area contributed by atoms with E-state index in [-0.39, 0.29) is 5.82 Å². The van der Waals surface area contributed by atoms with E-state index >= 15 is 0 Å². The first kappa shape index (κ1) is 12.9. The zero-order chi connectivity index (χ0) is 13.1. The molecule has 0 radical (unpaired) electrons. The molecule has 0 unspecified atom stereocenters. The third-order valence-corrected chi connectivity index (χ3v) is 3.24. The minimum atomic E-state index is -0.297. The monoisotopic (exact) mass is 308 g/mol. The molecule has 0 saturated carbocycles. The molecule has 0 bridgehead atoms. The SMILES string of the molecule is CN(Cc1ccc(Br)cc1)c1ccc(N)cc1F. The highest BCUT2D eigenvalue weighted by atomic mass is 79.9. The predicted molar refractivity (Wildman–Crippen MR) is 77.1 cm³/mol. The number of halogens is 2. The smallest absolute Gasteiger partial charge is 0.148 e. The van der Waals surface area contributed by atoms with Gasteiger partial charge in [-0.3, -0.25) is 0 Å². The lowest BCUT2D eigenvalue weighted by Crippen LogP contribution is -2.17. The first-order valence-corrected chi connectivity index (χ1v) is 6.36. The average Bonchev–Trinajstić information content (AvgIpc) is 2.32.